The summed E-state index contributed by atoms with van der Waals surface area (Å²) in [6.07, 6.45) is 7.29. The van der Waals surface area contributed by atoms with E-state index in [1.165, 1.54) is 12.8 Å². The van der Waals surface area contributed by atoms with E-state index in [0.29, 0.717) is 0 Å². The molecule has 0 aromatic carbocycles. The molecule has 90 valence electrons. The highest BCUT2D eigenvalue weighted by molar-refractivity contribution is 5.87. The third-order valence-corrected chi connectivity index (χ3v) is 3.04. The Morgan fingerprint density at radius 2 is 2.24 bits per heavy atom. The van der Waals surface area contributed by atoms with Crippen LogP contribution in [-0.4, -0.2) is 24.1 Å². The zero-order chi connectivity index (χ0) is 11.5. The Labute approximate surface area is 100 Å². The molecule has 1 fully saturated rings. The lowest BCUT2D eigenvalue weighted by atomic mass is 10.3. The van der Waals surface area contributed by atoms with Crippen molar-refractivity contribution in [3.63, 3.8) is 0 Å². The van der Waals surface area contributed by atoms with E-state index in [4.69, 9.17) is 4.42 Å². The molecule has 4 heteroatoms. The first kappa shape index (κ1) is 10.6. The number of pyridine rings is 1. The van der Waals surface area contributed by atoms with Crippen LogP contribution in [0, 0.1) is 0 Å². The smallest absolute Gasteiger partial charge is 0.139 e. The van der Waals surface area contributed by atoms with E-state index in [2.05, 4.69) is 15.6 Å². The Morgan fingerprint density at radius 3 is 3.12 bits per heavy atom. The van der Waals surface area contributed by atoms with Crippen LogP contribution in [-0.2, 0) is 0 Å². The Kier molecular flexibility index (Phi) is 2.96. The summed E-state index contributed by atoms with van der Waals surface area (Å²) in [5.41, 5.74) is 0.888. The molecule has 0 spiro atoms. The summed E-state index contributed by atoms with van der Waals surface area (Å²) in [7, 11) is 0. The zero-order valence-corrected chi connectivity index (χ0v) is 9.78. The van der Waals surface area contributed by atoms with Crippen molar-refractivity contribution in [1.29, 1.82) is 0 Å². The summed E-state index contributed by atoms with van der Waals surface area (Å²) >= 11 is 0. The van der Waals surface area contributed by atoms with E-state index in [-0.39, 0.29) is 0 Å². The van der Waals surface area contributed by atoms with E-state index in [0.717, 1.165) is 42.3 Å². The molecule has 2 N–H and O–H groups in total. The van der Waals surface area contributed by atoms with Gasteiger partial charge in [-0.2, -0.15) is 0 Å². The molecule has 2 aromatic rings. The summed E-state index contributed by atoms with van der Waals surface area (Å²) in [5, 5.41) is 7.91. The quantitative estimate of drug-likeness (QED) is 0.749. The molecule has 2 heterocycles. The summed E-state index contributed by atoms with van der Waals surface area (Å²) in [6, 6.07) is 4.63. The van der Waals surface area contributed by atoms with Gasteiger partial charge in [-0.15, -0.1) is 0 Å². The van der Waals surface area contributed by atoms with E-state index >= 15 is 0 Å². The SMILES string of the molecule is c1cc2occc2c(NCCCNC2CC2)n1. The number of nitrogens with zero attached hydrogens (tertiary/aromatic N) is 1. The lowest BCUT2D eigenvalue weighted by Crippen LogP contribution is -2.20. The lowest BCUT2D eigenvalue weighted by molar-refractivity contribution is 0.615. The minimum Gasteiger partial charge on any atom is -0.464 e. The molecule has 0 saturated heterocycles. The third-order valence-electron chi connectivity index (χ3n) is 3.04. The molecular weight excluding hydrogens is 214 g/mol. The van der Waals surface area contributed by atoms with Crippen LogP contribution in [0.25, 0.3) is 11.0 Å². The fraction of sp³-hybridized carbons (Fsp3) is 0.462. The van der Waals surface area contributed by atoms with Crippen LogP contribution >= 0.6 is 0 Å². The van der Waals surface area contributed by atoms with Gasteiger partial charge in [-0.1, -0.05) is 0 Å². The minimum atomic E-state index is 0.797. The predicted octanol–water partition coefficient (Wildman–Crippen LogP) is 2.38. The first-order valence-corrected chi connectivity index (χ1v) is 6.23. The number of nitrogens with one attached hydrogen (secondary N) is 2. The molecule has 4 nitrogen and oxygen atoms in total. The van der Waals surface area contributed by atoms with Crippen LogP contribution in [0.2, 0.25) is 0 Å². The van der Waals surface area contributed by atoms with E-state index in [9.17, 15) is 0 Å². The van der Waals surface area contributed by atoms with Gasteiger partial charge in [0.25, 0.3) is 0 Å². The molecule has 1 aliphatic carbocycles. The number of anilines is 1. The topological polar surface area (TPSA) is 50.1 Å². The van der Waals surface area contributed by atoms with Crippen molar-refractivity contribution in [1.82, 2.24) is 10.3 Å². The monoisotopic (exact) mass is 231 g/mol. The molecule has 0 radical (unpaired) electrons. The fourth-order valence-electron chi connectivity index (χ4n) is 1.92. The van der Waals surface area contributed by atoms with Gasteiger partial charge >= 0.3 is 0 Å². The van der Waals surface area contributed by atoms with Gasteiger partial charge in [-0.05, 0) is 37.9 Å². The molecule has 1 aliphatic rings. The average Bonchev–Trinajstić information content (AvgIpc) is 3.04. The summed E-state index contributed by atoms with van der Waals surface area (Å²) < 4.78 is 5.33. The highest BCUT2D eigenvalue weighted by Crippen LogP contribution is 2.21. The van der Waals surface area contributed by atoms with E-state index in [1.54, 1.807) is 12.5 Å². The Bertz CT molecular complexity index is 490. The molecule has 2 aromatic heterocycles. The van der Waals surface area contributed by atoms with Gasteiger partial charge in [0, 0.05) is 18.8 Å². The standard InChI is InChI=1S/C13H17N3O/c1(6-14-10-2-3-10)7-15-13-11-5-9-17-12(11)4-8-16-13/h4-5,8-10,14H,1-3,6-7H2,(H,15,16). The number of aromatic nitrogens is 1. The van der Waals surface area contributed by atoms with Crippen molar-refractivity contribution < 1.29 is 4.42 Å². The maximum atomic E-state index is 5.33. The molecular formula is C13H17N3O. The number of rotatable bonds is 6. The van der Waals surface area contributed by atoms with Crippen molar-refractivity contribution in [2.24, 2.45) is 0 Å². The second-order valence-corrected chi connectivity index (χ2v) is 4.50. The molecule has 0 atom stereocenters. The normalized spacial score (nSPS) is 15.3. The molecule has 1 saturated carbocycles. The lowest BCUT2D eigenvalue weighted by Gasteiger charge is -2.06. The second kappa shape index (κ2) is 4.75. The molecule has 3 rings (SSSR count). The number of hydrogen-bond donors (Lipinski definition) is 2. The molecule has 17 heavy (non-hydrogen) atoms. The van der Waals surface area contributed by atoms with Gasteiger partial charge in [0.05, 0.1) is 11.6 Å². The van der Waals surface area contributed by atoms with Crippen molar-refractivity contribution >= 4 is 16.8 Å². The first-order chi connectivity index (χ1) is 8.43. The molecule has 0 bridgehead atoms. The Balaban J connectivity index is 1.51. The summed E-state index contributed by atoms with van der Waals surface area (Å²) in [4.78, 5) is 4.33. The molecule has 0 unspecified atom stereocenters. The van der Waals surface area contributed by atoms with Gasteiger partial charge < -0.3 is 15.1 Å². The molecule has 0 amide bonds. The van der Waals surface area contributed by atoms with Crippen molar-refractivity contribution in [3.05, 3.63) is 24.6 Å². The van der Waals surface area contributed by atoms with Gasteiger partial charge in [0.2, 0.25) is 0 Å². The minimum absolute atomic E-state index is 0.797. The van der Waals surface area contributed by atoms with Crippen molar-refractivity contribution in [2.45, 2.75) is 25.3 Å². The highest BCUT2D eigenvalue weighted by Gasteiger charge is 2.19. The maximum Gasteiger partial charge on any atom is 0.139 e. The Morgan fingerprint density at radius 1 is 1.29 bits per heavy atom. The van der Waals surface area contributed by atoms with Crippen molar-refractivity contribution in [2.75, 3.05) is 18.4 Å². The van der Waals surface area contributed by atoms with Gasteiger partial charge in [-0.25, -0.2) is 4.98 Å². The van der Waals surface area contributed by atoms with E-state index < -0.39 is 0 Å². The van der Waals surface area contributed by atoms with Crippen LogP contribution < -0.4 is 10.6 Å². The van der Waals surface area contributed by atoms with Crippen LogP contribution in [0.4, 0.5) is 5.82 Å². The summed E-state index contributed by atoms with van der Waals surface area (Å²) in [5.74, 6) is 0.919. The second-order valence-electron chi connectivity index (χ2n) is 4.50. The number of hydrogen-bond acceptors (Lipinski definition) is 4. The fourth-order valence-corrected chi connectivity index (χ4v) is 1.92. The zero-order valence-electron chi connectivity index (χ0n) is 9.78. The summed E-state index contributed by atoms with van der Waals surface area (Å²) in [6.45, 7) is 2.02. The van der Waals surface area contributed by atoms with Gasteiger partial charge in [0.1, 0.15) is 11.4 Å². The number of fused-ring (bicyclic) bond motifs is 1. The van der Waals surface area contributed by atoms with Crippen LogP contribution in [0.5, 0.6) is 0 Å². The van der Waals surface area contributed by atoms with Gasteiger partial charge in [-0.3, -0.25) is 0 Å². The largest absolute Gasteiger partial charge is 0.464 e. The number of furan rings is 1. The Hall–Kier alpha value is -1.55. The predicted molar refractivity (Wildman–Crippen MR) is 68.1 cm³/mol. The van der Waals surface area contributed by atoms with Crippen LogP contribution in [0.3, 0.4) is 0 Å². The highest BCUT2D eigenvalue weighted by atomic mass is 16.3. The average molecular weight is 231 g/mol. The third kappa shape index (κ3) is 2.58. The maximum absolute atomic E-state index is 5.33. The first-order valence-electron chi connectivity index (χ1n) is 6.23. The van der Waals surface area contributed by atoms with Crippen LogP contribution in [0.1, 0.15) is 19.3 Å². The molecule has 0 aliphatic heterocycles. The van der Waals surface area contributed by atoms with Crippen LogP contribution in [0.15, 0.2) is 29.0 Å². The van der Waals surface area contributed by atoms with Crippen molar-refractivity contribution in [3.8, 4) is 0 Å². The van der Waals surface area contributed by atoms with E-state index in [1.807, 2.05) is 12.1 Å². The van der Waals surface area contributed by atoms with Gasteiger partial charge in [0.15, 0.2) is 0 Å².